The second-order valence-corrected chi connectivity index (χ2v) is 5.12. The molecule has 168 valence electrons. The lowest BCUT2D eigenvalue weighted by molar-refractivity contribution is -0.203. The third-order valence-electron chi connectivity index (χ3n) is 2.83. The molecule has 29 heavy (non-hydrogen) atoms. The van der Waals surface area contributed by atoms with Crippen molar-refractivity contribution in [3.8, 4) is 0 Å². The number of hydrogen-bond acceptors (Lipinski definition) is 6. The van der Waals surface area contributed by atoms with Gasteiger partial charge in [0, 0.05) is 6.54 Å². The van der Waals surface area contributed by atoms with Gasteiger partial charge in [-0.2, -0.15) is 39.5 Å². The molecule has 0 spiro atoms. The topological polar surface area (TPSA) is 122 Å². The first-order valence-electron chi connectivity index (χ1n) is 7.11. The number of aliphatic hydroxyl groups is 1. The van der Waals surface area contributed by atoms with Crippen LogP contribution in [0.1, 0.15) is 12.8 Å². The maximum Gasteiger partial charge on any atom is 0.491 e. The molecule has 0 heterocycles. The number of ether oxygens (including phenoxy) is 1. The molecule has 0 saturated carbocycles. The Morgan fingerprint density at radius 1 is 0.828 bits per heavy atom. The van der Waals surface area contributed by atoms with Gasteiger partial charge >= 0.3 is 42.3 Å². The Kier molecular flexibility index (Phi) is 8.88. The van der Waals surface area contributed by atoms with Gasteiger partial charge in [0.05, 0.1) is 6.10 Å². The van der Waals surface area contributed by atoms with Crippen molar-refractivity contribution in [3.05, 3.63) is 0 Å². The normalized spacial score (nSPS) is 14.6. The van der Waals surface area contributed by atoms with E-state index < -0.39 is 73.8 Å². The first kappa shape index (κ1) is 26.4. The molecule has 0 aliphatic heterocycles. The predicted molar refractivity (Wildman–Crippen MR) is 69.4 cm³/mol. The van der Waals surface area contributed by atoms with Gasteiger partial charge in [0.1, 0.15) is 0 Å². The standard InChI is InChI=1S/C12H11F9N2O6/c13-10(14,15)7(26)22-3-1-2-4(24)5(23-8(27)11(16,17)18)6(25)29-9(28)12(19,20)21/h4-5,24H,1-3H2,(H,22,26)(H,23,27)/t4?,5-/m0/s1. The van der Waals surface area contributed by atoms with E-state index in [4.69, 9.17) is 0 Å². The molecule has 8 nitrogen and oxygen atoms in total. The molecule has 0 rings (SSSR count). The Labute approximate surface area is 154 Å². The summed E-state index contributed by atoms with van der Waals surface area (Å²) < 4.78 is 112. The van der Waals surface area contributed by atoms with Crippen LogP contribution in [-0.2, 0) is 23.9 Å². The smallest absolute Gasteiger partial charge is 0.390 e. The van der Waals surface area contributed by atoms with Gasteiger partial charge in [0.2, 0.25) is 0 Å². The average molecular weight is 450 g/mol. The third-order valence-corrected chi connectivity index (χ3v) is 2.83. The fourth-order valence-electron chi connectivity index (χ4n) is 1.53. The van der Waals surface area contributed by atoms with Crippen molar-refractivity contribution in [2.45, 2.75) is 43.5 Å². The van der Waals surface area contributed by atoms with Gasteiger partial charge in [-0.05, 0) is 12.8 Å². The van der Waals surface area contributed by atoms with Gasteiger partial charge in [0.25, 0.3) is 0 Å². The van der Waals surface area contributed by atoms with E-state index in [9.17, 15) is 63.8 Å². The SMILES string of the molecule is O=C(OC(=O)C(F)(F)F)[C@@H](NC(=O)C(F)(F)F)C(O)CCCNC(=O)C(F)(F)F. The van der Waals surface area contributed by atoms with Crippen molar-refractivity contribution in [1.82, 2.24) is 10.6 Å². The van der Waals surface area contributed by atoms with Gasteiger partial charge in [-0.3, -0.25) is 9.59 Å². The number of nitrogens with one attached hydrogen (secondary N) is 2. The number of halogens is 9. The van der Waals surface area contributed by atoms with Crippen molar-refractivity contribution in [2.24, 2.45) is 0 Å². The van der Waals surface area contributed by atoms with Gasteiger partial charge < -0.3 is 20.5 Å². The number of amides is 2. The first-order valence-corrected chi connectivity index (χ1v) is 7.11. The third kappa shape index (κ3) is 9.44. The summed E-state index contributed by atoms with van der Waals surface area (Å²) in [7, 11) is 0. The highest BCUT2D eigenvalue weighted by molar-refractivity contribution is 5.94. The minimum atomic E-state index is -5.74. The lowest BCUT2D eigenvalue weighted by atomic mass is 10.1. The molecule has 2 amide bonds. The molecule has 0 radical (unpaired) electrons. The summed E-state index contributed by atoms with van der Waals surface area (Å²) >= 11 is 0. The van der Waals surface area contributed by atoms with E-state index in [-0.39, 0.29) is 0 Å². The molecular formula is C12H11F9N2O6. The Morgan fingerprint density at radius 3 is 1.72 bits per heavy atom. The summed E-state index contributed by atoms with van der Waals surface area (Å²) in [5.74, 6) is -10.8. The molecule has 0 aliphatic carbocycles. The van der Waals surface area contributed by atoms with Crippen molar-refractivity contribution >= 4 is 23.8 Å². The number of hydrogen-bond donors (Lipinski definition) is 3. The highest BCUT2D eigenvalue weighted by Gasteiger charge is 2.46. The molecule has 0 saturated heterocycles. The highest BCUT2D eigenvalue weighted by Crippen LogP contribution is 2.19. The zero-order chi connectivity index (χ0) is 23.2. The van der Waals surface area contributed by atoms with E-state index in [0.717, 1.165) is 5.32 Å². The number of carbonyl (C=O) groups excluding carboxylic acids is 4. The molecule has 0 bridgehead atoms. The van der Waals surface area contributed by atoms with Gasteiger partial charge in [-0.25, -0.2) is 9.59 Å². The van der Waals surface area contributed by atoms with E-state index >= 15 is 0 Å². The second kappa shape index (κ2) is 9.75. The number of carbonyl (C=O) groups is 4. The van der Waals surface area contributed by atoms with Crippen LogP contribution in [0, 0.1) is 0 Å². The summed E-state index contributed by atoms with van der Waals surface area (Å²) in [6, 6.07) is -2.83. The fraction of sp³-hybridized carbons (Fsp3) is 0.667. The Bertz CT molecular complexity index is 629. The molecule has 2 atom stereocenters. The molecule has 1 unspecified atom stereocenters. The van der Waals surface area contributed by atoms with Crippen LogP contribution < -0.4 is 10.6 Å². The van der Waals surface area contributed by atoms with Crippen LogP contribution in [0.15, 0.2) is 0 Å². The summed E-state index contributed by atoms with van der Waals surface area (Å²) in [6.45, 7) is -0.814. The summed E-state index contributed by atoms with van der Waals surface area (Å²) in [4.78, 5) is 43.4. The quantitative estimate of drug-likeness (QED) is 0.225. The van der Waals surface area contributed by atoms with Crippen LogP contribution in [0.25, 0.3) is 0 Å². The van der Waals surface area contributed by atoms with E-state index in [1.165, 1.54) is 5.32 Å². The van der Waals surface area contributed by atoms with Crippen molar-refractivity contribution < 1.29 is 68.5 Å². The van der Waals surface area contributed by atoms with Crippen molar-refractivity contribution in [1.29, 1.82) is 0 Å². The van der Waals surface area contributed by atoms with Crippen LogP contribution in [0.4, 0.5) is 39.5 Å². The lowest BCUT2D eigenvalue weighted by Gasteiger charge is -2.23. The zero-order valence-electron chi connectivity index (χ0n) is 13.7. The van der Waals surface area contributed by atoms with Crippen molar-refractivity contribution in [3.63, 3.8) is 0 Å². The van der Waals surface area contributed by atoms with E-state index in [0.29, 0.717) is 0 Å². The highest BCUT2D eigenvalue weighted by atomic mass is 19.4. The lowest BCUT2D eigenvalue weighted by Crippen LogP contribution is -2.54. The zero-order valence-corrected chi connectivity index (χ0v) is 13.7. The maximum absolute atomic E-state index is 12.2. The van der Waals surface area contributed by atoms with E-state index in [1.54, 1.807) is 0 Å². The van der Waals surface area contributed by atoms with E-state index in [2.05, 4.69) is 4.74 Å². The Morgan fingerprint density at radius 2 is 1.31 bits per heavy atom. The molecule has 3 N–H and O–H groups in total. The second-order valence-electron chi connectivity index (χ2n) is 5.12. The number of alkyl halides is 9. The van der Waals surface area contributed by atoms with Crippen molar-refractivity contribution in [2.75, 3.05) is 6.54 Å². The molecule has 0 aromatic carbocycles. The summed E-state index contributed by atoms with van der Waals surface area (Å²) in [6.07, 6.45) is -20.6. The van der Waals surface area contributed by atoms with Gasteiger partial charge in [-0.1, -0.05) is 0 Å². The van der Waals surface area contributed by atoms with Gasteiger partial charge in [-0.15, -0.1) is 0 Å². The maximum atomic E-state index is 12.2. The molecule has 0 aromatic rings. The van der Waals surface area contributed by atoms with Crippen LogP contribution in [-0.4, -0.2) is 66.1 Å². The van der Waals surface area contributed by atoms with Crippen LogP contribution >= 0.6 is 0 Å². The monoisotopic (exact) mass is 450 g/mol. The van der Waals surface area contributed by atoms with Gasteiger partial charge in [0.15, 0.2) is 6.04 Å². The first-order chi connectivity index (χ1) is 12.9. The average Bonchev–Trinajstić information content (AvgIpc) is 2.52. The predicted octanol–water partition coefficient (Wildman–Crippen LogP) is 0.485. The van der Waals surface area contributed by atoms with Crippen LogP contribution in [0.2, 0.25) is 0 Å². The molecular weight excluding hydrogens is 439 g/mol. The van der Waals surface area contributed by atoms with Crippen LogP contribution in [0.3, 0.4) is 0 Å². The molecule has 0 fully saturated rings. The molecule has 17 heteroatoms. The number of aliphatic hydroxyl groups excluding tert-OH is 1. The minimum Gasteiger partial charge on any atom is -0.390 e. The Balaban J connectivity index is 5.09. The van der Waals surface area contributed by atoms with Crippen LogP contribution in [0.5, 0.6) is 0 Å². The molecule has 0 aromatic heterocycles. The molecule has 0 aliphatic rings. The summed E-state index contributed by atoms with van der Waals surface area (Å²) in [5.41, 5.74) is 0. The summed E-state index contributed by atoms with van der Waals surface area (Å²) in [5, 5.41) is 11.7. The largest absolute Gasteiger partial charge is 0.491 e. The number of rotatable bonds is 7. The van der Waals surface area contributed by atoms with E-state index in [1.807, 2.05) is 0 Å². The fourth-order valence-corrected chi connectivity index (χ4v) is 1.53. The minimum absolute atomic E-state index is 0.623. The number of esters is 2. The Hall–Kier alpha value is -2.59.